The number of ether oxygens (including phenoxy) is 2. The number of benzene rings is 1. The van der Waals surface area contributed by atoms with Crippen molar-refractivity contribution in [2.75, 3.05) is 7.11 Å². The van der Waals surface area contributed by atoms with Gasteiger partial charge in [0.25, 0.3) is 0 Å². The van der Waals surface area contributed by atoms with Crippen LogP contribution in [0, 0.1) is 0 Å². The summed E-state index contributed by atoms with van der Waals surface area (Å²) in [6, 6.07) is 9.54. The third-order valence-electron chi connectivity index (χ3n) is 2.74. The minimum atomic E-state index is -1.06. The fourth-order valence-electron chi connectivity index (χ4n) is 1.67. The van der Waals surface area contributed by atoms with Gasteiger partial charge in [0.15, 0.2) is 0 Å². The fourth-order valence-corrected chi connectivity index (χ4v) is 1.67. The third-order valence-corrected chi connectivity index (χ3v) is 2.74. The monoisotopic (exact) mass is 287 g/mol. The number of carboxylic acids is 1. The molecule has 0 saturated carbocycles. The standard InChI is InChI=1S/C15H13NO5/c1-20-15(19)10-6-7-11(16-8-10)9-21-13-5-3-2-4-12(13)14(17)18/h2-8H,9H2,1H3,(H,17,18). The van der Waals surface area contributed by atoms with Gasteiger partial charge >= 0.3 is 11.9 Å². The topological polar surface area (TPSA) is 85.7 Å². The summed E-state index contributed by atoms with van der Waals surface area (Å²) < 4.78 is 10.0. The molecule has 6 nitrogen and oxygen atoms in total. The average Bonchev–Trinajstić information content (AvgIpc) is 2.52. The highest BCUT2D eigenvalue weighted by atomic mass is 16.5. The zero-order valence-corrected chi connectivity index (χ0v) is 11.3. The SMILES string of the molecule is COC(=O)c1ccc(COc2ccccc2C(=O)O)nc1. The molecule has 21 heavy (non-hydrogen) atoms. The lowest BCUT2D eigenvalue weighted by Crippen LogP contribution is -2.06. The van der Waals surface area contributed by atoms with Crippen molar-refractivity contribution in [1.82, 2.24) is 4.98 Å². The number of nitrogens with zero attached hydrogens (tertiary/aromatic N) is 1. The summed E-state index contributed by atoms with van der Waals surface area (Å²) in [5.41, 5.74) is 0.999. The van der Waals surface area contributed by atoms with E-state index < -0.39 is 11.9 Å². The lowest BCUT2D eigenvalue weighted by molar-refractivity contribution is 0.0599. The molecule has 0 fully saturated rings. The van der Waals surface area contributed by atoms with Crippen LogP contribution in [0.1, 0.15) is 26.4 Å². The first kappa shape index (κ1) is 14.5. The molecule has 2 rings (SSSR count). The molecule has 0 spiro atoms. The van der Waals surface area contributed by atoms with E-state index in [-0.39, 0.29) is 17.9 Å². The largest absolute Gasteiger partial charge is 0.486 e. The molecule has 0 radical (unpaired) electrons. The van der Waals surface area contributed by atoms with Gasteiger partial charge in [-0.2, -0.15) is 0 Å². The molecule has 108 valence electrons. The molecular formula is C15H13NO5. The number of rotatable bonds is 5. The molecule has 0 unspecified atom stereocenters. The van der Waals surface area contributed by atoms with Crippen LogP contribution in [0.3, 0.4) is 0 Å². The molecule has 1 aromatic carbocycles. The Labute approximate surface area is 121 Å². The Balaban J connectivity index is 2.07. The number of hydrogen-bond donors (Lipinski definition) is 1. The number of carbonyl (C=O) groups excluding carboxylic acids is 1. The van der Waals surface area contributed by atoms with Gasteiger partial charge < -0.3 is 14.6 Å². The second-order valence-electron chi connectivity index (χ2n) is 4.12. The summed E-state index contributed by atoms with van der Waals surface area (Å²) in [5, 5.41) is 9.04. The maximum atomic E-state index is 11.3. The van der Waals surface area contributed by atoms with Crippen LogP contribution < -0.4 is 4.74 Å². The highest BCUT2D eigenvalue weighted by Crippen LogP contribution is 2.19. The van der Waals surface area contributed by atoms with Crippen molar-refractivity contribution in [2.45, 2.75) is 6.61 Å². The number of para-hydroxylation sites is 1. The van der Waals surface area contributed by atoms with Gasteiger partial charge in [0.1, 0.15) is 17.9 Å². The van der Waals surface area contributed by atoms with Crippen LogP contribution in [0.25, 0.3) is 0 Å². The van der Waals surface area contributed by atoms with Crippen molar-refractivity contribution in [3.8, 4) is 5.75 Å². The Bertz CT molecular complexity index is 651. The summed E-state index contributed by atoms with van der Waals surface area (Å²) >= 11 is 0. The van der Waals surface area contributed by atoms with Crippen molar-refractivity contribution in [2.24, 2.45) is 0 Å². The molecule has 0 aliphatic heterocycles. The molecule has 6 heteroatoms. The van der Waals surface area contributed by atoms with Gasteiger partial charge in [-0.25, -0.2) is 9.59 Å². The molecule has 0 amide bonds. The van der Waals surface area contributed by atoms with Crippen molar-refractivity contribution >= 4 is 11.9 Å². The number of methoxy groups -OCH3 is 1. The number of esters is 1. The maximum Gasteiger partial charge on any atom is 0.339 e. The lowest BCUT2D eigenvalue weighted by atomic mass is 10.2. The zero-order valence-electron chi connectivity index (χ0n) is 11.3. The maximum absolute atomic E-state index is 11.3. The molecule has 1 N–H and O–H groups in total. The van der Waals surface area contributed by atoms with E-state index >= 15 is 0 Å². The minimum absolute atomic E-state index is 0.0867. The predicted octanol–water partition coefficient (Wildman–Crippen LogP) is 2.15. The number of hydrogen-bond acceptors (Lipinski definition) is 5. The van der Waals surface area contributed by atoms with Gasteiger partial charge in [-0.3, -0.25) is 4.98 Å². The van der Waals surface area contributed by atoms with Crippen LogP contribution in [0.15, 0.2) is 42.6 Å². The molecule has 0 aliphatic carbocycles. The van der Waals surface area contributed by atoms with E-state index in [1.807, 2.05) is 0 Å². The normalized spacial score (nSPS) is 9.95. The quantitative estimate of drug-likeness (QED) is 0.848. The average molecular weight is 287 g/mol. The highest BCUT2D eigenvalue weighted by molar-refractivity contribution is 5.90. The van der Waals surface area contributed by atoms with E-state index in [9.17, 15) is 9.59 Å². The smallest absolute Gasteiger partial charge is 0.339 e. The zero-order chi connectivity index (χ0) is 15.2. The lowest BCUT2D eigenvalue weighted by Gasteiger charge is -2.08. The van der Waals surface area contributed by atoms with Crippen LogP contribution in [0.2, 0.25) is 0 Å². The van der Waals surface area contributed by atoms with Crippen molar-refractivity contribution in [3.05, 3.63) is 59.4 Å². The van der Waals surface area contributed by atoms with Gasteiger partial charge in [-0.05, 0) is 24.3 Å². The van der Waals surface area contributed by atoms with Crippen molar-refractivity contribution in [3.63, 3.8) is 0 Å². The molecule has 1 heterocycles. The van der Waals surface area contributed by atoms with Gasteiger partial charge in [0, 0.05) is 6.20 Å². The second-order valence-corrected chi connectivity index (χ2v) is 4.12. The number of aromatic nitrogens is 1. The van der Waals surface area contributed by atoms with Crippen LogP contribution >= 0.6 is 0 Å². The molecular weight excluding hydrogens is 274 g/mol. The first-order valence-electron chi connectivity index (χ1n) is 6.10. The van der Waals surface area contributed by atoms with Crippen LogP contribution in [-0.4, -0.2) is 29.1 Å². The molecule has 0 saturated heterocycles. The summed E-state index contributed by atoms with van der Waals surface area (Å²) in [5.74, 6) is -1.25. The summed E-state index contributed by atoms with van der Waals surface area (Å²) in [4.78, 5) is 26.4. The predicted molar refractivity (Wildman–Crippen MR) is 73.3 cm³/mol. The molecule has 0 aliphatic rings. The van der Waals surface area contributed by atoms with Crippen LogP contribution in [0.4, 0.5) is 0 Å². The van der Waals surface area contributed by atoms with Gasteiger partial charge in [-0.1, -0.05) is 12.1 Å². The molecule has 0 bridgehead atoms. The number of pyridine rings is 1. The number of aromatic carboxylic acids is 1. The van der Waals surface area contributed by atoms with Gasteiger partial charge in [0.2, 0.25) is 0 Å². The summed E-state index contributed by atoms with van der Waals surface area (Å²) in [7, 11) is 1.29. The fraction of sp³-hybridized carbons (Fsp3) is 0.133. The summed E-state index contributed by atoms with van der Waals surface area (Å²) in [6.07, 6.45) is 1.38. The van der Waals surface area contributed by atoms with Gasteiger partial charge in [-0.15, -0.1) is 0 Å². The van der Waals surface area contributed by atoms with E-state index in [4.69, 9.17) is 9.84 Å². The third kappa shape index (κ3) is 3.56. The first-order valence-corrected chi connectivity index (χ1v) is 6.10. The van der Waals surface area contributed by atoms with E-state index in [2.05, 4.69) is 9.72 Å². The van der Waals surface area contributed by atoms with Crippen molar-refractivity contribution < 1.29 is 24.2 Å². The molecule has 0 atom stereocenters. The first-order chi connectivity index (χ1) is 10.1. The Hall–Kier alpha value is -2.89. The number of carboxylic acid groups (broad SMARTS) is 1. The molecule has 1 aromatic heterocycles. The molecule has 2 aromatic rings. The Kier molecular flexibility index (Phi) is 4.50. The van der Waals surface area contributed by atoms with Crippen molar-refractivity contribution in [1.29, 1.82) is 0 Å². The van der Waals surface area contributed by atoms with E-state index in [1.54, 1.807) is 30.3 Å². The highest BCUT2D eigenvalue weighted by Gasteiger charge is 2.11. The van der Waals surface area contributed by atoms with E-state index in [0.717, 1.165) is 0 Å². The second kappa shape index (κ2) is 6.51. The minimum Gasteiger partial charge on any atom is -0.486 e. The Morgan fingerprint density at radius 3 is 2.57 bits per heavy atom. The van der Waals surface area contributed by atoms with Gasteiger partial charge in [0.05, 0.1) is 18.4 Å². The number of carbonyl (C=O) groups is 2. The summed E-state index contributed by atoms with van der Waals surface area (Å²) in [6.45, 7) is 0.103. The Morgan fingerprint density at radius 2 is 1.95 bits per heavy atom. The van der Waals surface area contributed by atoms with E-state index in [1.165, 1.54) is 19.4 Å². The van der Waals surface area contributed by atoms with Crippen LogP contribution in [-0.2, 0) is 11.3 Å². The van der Waals surface area contributed by atoms with E-state index in [0.29, 0.717) is 11.3 Å². The Morgan fingerprint density at radius 1 is 1.19 bits per heavy atom. The van der Waals surface area contributed by atoms with Crippen LogP contribution in [0.5, 0.6) is 5.75 Å².